The lowest BCUT2D eigenvalue weighted by Gasteiger charge is -2.22. The highest BCUT2D eigenvalue weighted by Gasteiger charge is 2.31. The number of benzene rings is 2. The van der Waals surface area contributed by atoms with Crippen molar-refractivity contribution in [2.45, 2.75) is 25.0 Å². The molecule has 0 fully saturated rings. The summed E-state index contributed by atoms with van der Waals surface area (Å²) in [6.45, 7) is 5.41. The van der Waals surface area contributed by atoms with Crippen LogP contribution in [-0.4, -0.2) is 42.5 Å². The smallest absolute Gasteiger partial charge is 0.407 e. The first-order valence-corrected chi connectivity index (χ1v) is 9.09. The number of alkyl carbamates (subject to hydrolysis) is 1. The van der Waals surface area contributed by atoms with Gasteiger partial charge in [0.05, 0.1) is 12.7 Å². The molecule has 1 aliphatic rings. The van der Waals surface area contributed by atoms with Crippen molar-refractivity contribution >= 4 is 12.1 Å². The molecule has 3 rings (SSSR count). The van der Waals surface area contributed by atoms with Gasteiger partial charge in [-0.2, -0.15) is 0 Å². The Morgan fingerprint density at radius 3 is 2.25 bits per heavy atom. The molecule has 2 aromatic rings. The summed E-state index contributed by atoms with van der Waals surface area (Å²) < 4.78 is 10.7. The fraction of sp³-hybridized carbons (Fsp3) is 0.273. The van der Waals surface area contributed by atoms with Gasteiger partial charge < -0.3 is 19.9 Å². The van der Waals surface area contributed by atoms with Crippen molar-refractivity contribution in [1.29, 1.82) is 0 Å². The summed E-state index contributed by atoms with van der Waals surface area (Å²) in [4.78, 5) is 23.7. The number of carbonyl (C=O) groups excluding carboxylic acids is 1. The molecule has 0 aliphatic heterocycles. The minimum absolute atomic E-state index is 0.0872. The lowest BCUT2D eigenvalue weighted by Crippen LogP contribution is -2.49. The Morgan fingerprint density at radius 2 is 1.71 bits per heavy atom. The van der Waals surface area contributed by atoms with Crippen LogP contribution in [0.2, 0.25) is 0 Å². The topological polar surface area (TPSA) is 84.9 Å². The van der Waals surface area contributed by atoms with Gasteiger partial charge in [0.1, 0.15) is 6.61 Å². The fourth-order valence-corrected chi connectivity index (χ4v) is 3.46. The van der Waals surface area contributed by atoms with Gasteiger partial charge >= 0.3 is 12.1 Å². The van der Waals surface area contributed by atoms with Crippen LogP contribution in [0, 0.1) is 0 Å². The number of aliphatic carboxylic acids is 1. The highest BCUT2D eigenvalue weighted by atomic mass is 16.6. The van der Waals surface area contributed by atoms with Crippen molar-refractivity contribution in [1.82, 2.24) is 5.32 Å². The molecular weight excluding hydrogens is 358 g/mol. The summed E-state index contributed by atoms with van der Waals surface area (Å²) in [5.41, 5.74) is 4.44. The van der Waals surface area contributed by atoms with E-state index in [1.165, 1.54) is 6.08 Å². The van der Waals surface area contributed by atoms with E-state index < -0.39 is 24.2 Å². The first-order valence-electron chi connectivity index (χ1n) is 9.09. The second kappa shape index (κ2) is 8.71. The molecule has 0 heterocycles. The van der Waals surface area contributed by atoms with E-state index in [1.807, 2.05) is 48.5 Å². The van der Waals surface area contributed by atoms with Gasteiger partial charge in [-0.1, -0.05) is 54.6 Å². The number of amides is 1. The SMILES string of the molecule is C=CCO[C@H](C)[C@H](NC(=O)OCC1c2ccccc2-c2ccccc21)C(=O)O. The third kappa shape index (κ3) is 4.07. The van der Waals surface area contributed by atoms with Crippen molar-refractivity contribution < 1.29 is 24.2 Å². The number of rotatable bonds is 8. The predicted molar refractivity (Wildman–Crippen MR) is 105 cm³/mol. The molecule has 0 aromatic heterocycles. The van der Waals surface area contributed by atoms with E-state index in [1.54, 1.807) is 6.92 Å². The number of hydrogen-bond acceptors (Lipinski definition) is 4. The molecule has 0 radical (unpaired) electrons. The van der Waals surface area contributed by atoms with E-state index in [0.717, 1.165) is 22.3 Å². The van der Waals surface area contributed by atoms with Crippen LogP contribution in [0.1, 0.15) is 24.0 Å². The summed E-state index contributed by atoms with van der Waals surface area (Å²) in [5, 5.41) is 11.7. The van der Waals surface area contributed by atoms with E-state index in [0.29, 0.717) is 0 Å². The van der Waals surface area contributed by atoms with Crippen molar-refractivity contribution in [2.75, 3.05) is 13.2 Å². The average Bonchev–Trinajstić information content (AvgIpc) is 3.02. The quantitative estimate of drug-likeness (QED) is 0.683. The Hall–Kier alpha value is -3.12. The van der Waals surface area contributed by atoms with Gasteiger partial charge in [0, 0.05) is 5.92 Å². The normalized spacial score (nSPS) is 14.5. The highest BCUT2D eigenvalue weighted by Crippen LogP contribution is 2.44. The van der Waals surface area contributed by atoms with Gasteiger partial charge in [0.15, 0.2) is 6.04 Å². The van der Waals surface area contributed by atoms with Gasteiger partial charge in [-0.25, -0.2) is 9.59 Å². The van der Waals surface area contributed by atoms with Crippen molar-refractivity contribution in [2.24, 2.45) is 0 Å². The van der Waals surface area contributed by atoms with E-state index in [4.69, 9.17) is 9.47 Å². The molecule has 2 aromatic carbocycles. The Morgan fingerprint density at radius 1 is 1.14 bits per heavy atom. The maximum Gasteiger partial charge on any atom is 0.407 e. The number of carbonyl (C=O) groups is 2. The van der Waals surface area contributed by atoms with Crippen molar-refractivity contribution in [3.05, 3.63) is 72.3 Å². The standard InChI is InChI=1S/C22H23NO5/c1-3-12-27-14(2)20(21(24)25)23-22(26)28-13-19-17-10-6-4-8-15(17)16-9-5-7-11-18(16)19/h3-11,14,19-20H,1,12-13H2,2H3,(H,23,26)(H,24,25)/t14-,20+/m1/s1. The van der Waals surface area contributed by atoms with E-state index >= 15 is 0 Å². The molecule has 2 N–H and O–H groups in total. The predicted octanol–water partition coefficient (Wildman–Crippen LogP) is 3.57. The van der Waals surface area contributed by atoms with Crippen molar-refractivity contribution in [3.63, 3.8) is 0 Å². The van der Waals surface area contributed by atoms with Crippen LogP contribution in [0.25, 0.3) is 11.1 Å². The zero-order chi connectivity index (χ0) is 20.1. The molecule has 6 nitrogen and oxygen atoms in total. The molecule has 2 atom stereocenters. The zero-order valence-corrected chi connectivity index (χ0v) is 15.6. The monoisotopic (exact) mass is 381 g/mol. The molecule has 0 unspecified atom stereocenters. The molecule has 6 heteroatoms. The number of nitrogens with one attached hydrogen (secondary N) is 1. The Kier molecular flexibility index (Phi) is 6.11. The number of fused-ring (bicyclic) bond motifs is 3. The van der Waals surface area contributed by atoms with E-state index in [9.17, 15) is 14.7 Å². The minimum atomic E-state index is -1.21. The van der Waals surface area contributed by atoms with Gasteiger partial charge in [-0.15, -0.1) is 6.58 Å². The van der Waals surface area contributed by atoms with Gasteiger partial charge in [0.25, 0.3) is 0 Å². The number of carboxylic acid groups (broad SMARTS) is 1. The van der Waals surface area contributed by atoms with Crippen LogP contribution in [-0.2, 0) is 14.3 Å². The van der Waals surface area contributed by atoms with Crippen LogP contribution in [0.5, 0.6) is 0 Å². The molecular formula is C22H23NO5. The average molecular weight is 381 g/mol. The van der Waals surface area contributed by atoms with Crippen LogP contribution in [0.3, 0.4) is 0 Å². The molecule has 1 aliphatic carbocycles. The second-order valence-corrected chi connectivity index (χ2v) is 6.61. The van der Waals surface area contributed by atoms with Crippen LogP contribution < -0.4 is 5.32 Å². The maximum atomic E-state index is 12.2. The Balaban J connectivity index is 1.67. The molecule has 0 bridgehead atoms. The molecule has 1 amide bonds. The fourth-order valence-electron chi connectivity index (χ4n) is 3.46. The minimum Gasteiger partial charge on any atom is -0.480 e. The third-order valence-electron chi connectivity index (χ3n) is 4.83. The lowest BCUT2D eigenvalue weighted by atomic mass is 9.98. The Labute approximate surface area is 163 Å². The number of hydrogen-bond donors (Lipinski definition) is 2. The molecule has 0 saturated heterocycles. The summed E-state index contributed by atoms with van der Waals surface area (Å²) >= 11 is 0. The van der Waals surface area contributed by atoms with Crippen LogP contribution >= 0.6 is 0 Å². The van der Waals surface area contributed by atoms with E-state index in [2.05, 4.69) is 11.9 Å². The van der Waals surface area contributed by atoms with Crippen LogP contribution in [0.15, 0.2) is 61.2 Å². The number of ether oxygens (including phenoxy) is 2. The largest absolute Gasteiger partial charge is 0.480 e. The Bertz CT molecular complexity index is 833. The maximum absolute atomic E-state index is 12.2. The summed E-state index contributed by atoms with van der Waals surface area (Å²) in [5.74, 6) is -1.28. The summed E-state index contributed by atoms with van der Waals surface area (Å²) in [7, 11) is 0. The second-order valence-electron chi connectivity index (χ2n) is 6.61. The van der Waals surface area contributed by atoms with Crippen molar-refractivity contribution in [3.8, 4) is 11.1 Å². The third-order valence-corrected chi connectivity index (χ3v) is 4.83. The summed E-state index contributed by atoms with van der Waals surface area (Å²) in [6.07, 6.45) is 0.00204. The van der Waals surface area contributed by atoms with Gasteiger partial charge in [-0.05, 0) is 29.2 Å². The summed E-state index contributed by atoms with van der Waals surface area (Å²) in [6, 6.07) is 14.8. The highest BCUT2D eigenvalue weighted by molar-refractivity contribution is 5.81. The molecule has 28 heavy (non-hydrogen) atoms. The molecule has 146 valence electrons. The van der Waals surface area contributed by atoms with Gasteiger partial charge in [0.2, 0.25) is 0 Å². The molecule has 0 spiro atoms. The number of carboxylic acids is 1. The van der Waals surface area contributed by atoms with E-state index in [-0.39, 0.29) is 19.1 Å². The lowest BCUT2D eigenvalue weighted by molar-refractivity contribution is -0.143. The first-order chi connectivity index (χ1) is 13.5. The molecule has 0 saturated carbocycles. The first kappa shape index (κ1) is 19.6. The van der Waals surface area contributed by atoms with Crippen LogP contribution in [0.4, 0.5) is 4.79 Å². The van der Waals surface area contributed by atoms with Gasteiger partial charge in [-0.3, -0.25) is 0 Å². The zero-order valence-electron chi connectivity index (χ0n) is 15.6.